The van der Waals surface area contributed by atoms with Gasteiger partial charge in [-0.3, -0.25) is 5.10 Å². The molecule has 0 saturated carbocycles. The zero-order valence-corrected chi connectivity index (χ0v) is 10.3. The smallest absolute Gasteiger partial charge is 0.118 e. The highest BCUT2D eigenvalue weighted by Gasteiger charge is 1.95. The summed E-state index contributed by atoms with van der Waals surface area (Å²) in [7, 11) is 0. The van der Waals surface area contributed by atoms with E-state index in [1.165, 1.54) is 0 Å². The number of hydrogen-bond acceptors (Lipinski definition) is 2. The van der Waals surface area contributed by atoms with Gasteiger partial charge in [-0.15, -0.1) is 11.8 Å². The quantitative estimate of drug-likeness (QED) is 0.836. The number of benzene rings is 1. The SMILES string of the molecule is CSc1cc(/C=C/c2ccc(Cl)cc2)[nH]n1. The van der Waals surface area contributed by atoms with E-state index in [0.29, 0.717) is 0 Å². The largest absolute Gasteiger partial charge is 0.277 e. The third kappa shape index (κ3) is 2.90. The van der Waals surface area contributed by atoms with E-state index in [0.717, 1.165) is 21.3 Å². The Hall–Kier alpha value is -1.19. The van der Waals surface area contributed by atoms with Crippen molar-refractivity contribution in [2.45, 2.75) is 5.03 Å². The van der Waals surface area contributed by atoms with E-state index in [-0.39, 0.29) is 0 Å². The third-order valence-electron chi connectivity index (χ3n) is 2.11. The maximum absolute atomic E-state index is 5.81. The number of hydrogen-bond donors (Lipinski definition) is 1. The molecule has 1 aromatic heterocycles. The van der Waals surface area contributed by atoms with Crippen LogP contribution in [0, 0.1) is 0 Å². The third-order valence-corrected chi connectivity index (χ3v) is 2.99. The molecule has 4 heteroatoms. The summed E-state index contributed by atoms with van der Waals surface area (Å²) in [5.74, 6) is 0. The molecule has 2 nitrogen and oxygen atoms in total. The first kappa shape index (κ1) is 11.3. The van der Waals surface area contributed by atoms with Crippen molar-refractivity contribution in [3.8, 4) is 0 Å². The number of aromatic nitrogens is 2. The molecule has 0 amide bonds. The van der Waals surface area contributed by atoms with E-state index in [1.54, 1.807) is 11.8 Å². The topological polar surface area (TPSA) is 28.7 Å². The predicted molar refractivity (Wildman–Crippen MR) is 70.7 cm³/mol. The van der Waals surface area contributed by atoms with Crippen LogP contribution in [-0.4, -0.2) is 16.5 Å². The van der Waals surface area contributed by atoms with Gasteiger partial charge in [0.25, 0.3) is 0 Å². The van der Waals surface area contributed by atoms with Crippen LogP contribution in [0.1, 0.15) is 11.3 Å². The second-order valence-corrected chi connectivity index (χ2v) is 4.51. The highest BCUT2D eigenvalue weighted by Crippen LogP contribution is 2.15. The van der Waals surface area contributed by atoms with Gasteiger partial charge in [0, 0.05) is 5.02 Å². The fourth-order valence-electron chi connectivity index (χ4n) is 1.27. The van der Waals surface area contributed by atoms with Crippen molar-refractivity contribution in [3.63, 3.8) is 0 Å². The molecule has 0 atom stereocenters. The normalized spacial score (nSPS) is 11.1. The lowest BCUT2D eigenvalue weighted by Gasteiger charge is -1.92. The lowest BCUT2D eigenvalue weighted by molar-refractivity contribution is 1.000. The summed E-state index contributed by atoms with van der Waals surface area (Å²) < 4.78 is 0. The molecular formula is C12H11ClN2S. The van der Waals surface area contributed by atoms with Crippen LogP contribution in [0.4, 0.5) is 0 Å². The van der Waals surface area contributed by atoms with Crippen molar-refractivity contribution in [3.05, 3.63) is 46.6 Å². The van der Waals surface area contributed by atoms with Crippen molar-refractivity contribution < 1.29 is 0 Å². The number of aromatic amines is 1. The molecule has 0 unspecified atom stereocenters. The van der Waals surface area contributed by atoms with Crippen LogP contribution in [0.15, 0.2) is 35.4 Å². The number of thioether (sulfide) groups is 1. The summed E-state index contributed by atoms with van der Waals surface area (Å²) in [5.41, 5.74) is 2.11. The molecule has 0 aliphatic carbocycles. The summed E-state index contributed by atoms with van der Waals surface area (Å²) in [4.78, 5) is 0. The van der Waals surface area contributed by atoms with Crippen LogP contribution in [-0.2, 0) is 0 Å². The second kappa shape index (κ2) is 5.23. The van der Waals surface area contributed by atoms with Gasteiger partial charge >= 0.3 is 0 Å². The molecule has 82 valence electrons. The molecule has 0 fully saturated rings. The van der Waals surface area contributed by atoms with E-state index in [4.69, 9.17) is 11.6 Å². The van der Waals surface area contributed by atoms with Crippen LogP contribution < -0.4 is 0 Å². The fraction of sp³-hybridized carbons (Fsp3) is 0.0833. The van der Waals surface area contributed by atoms with Crippen molar-refractivity contribution in [1.29, 1.82) is 0 Å². The number of nitrogens with zero attached hydrogens (tertiary/aromatic N) is 1. The van der Waals surface area contributed by atoms with Gasteiger partial charge in [-0.2, -0.15) is 5.10 Å². The van der Waals surface area contributed by atoms with E-state index in [9.17, 15) is 0 Å². The predicted octanol–water partition coefficient (Wildman–Crippen LogP) is 3.96. The van der Waals surface area contributed by atoms with Gasteiger partial charge in [0.2, 0.25) is 0 Å². The molecule has 1 heterocycles. The van der Waals surface area contributed by atoms with Gasteiger partial charge in [-0.1, -0.05) is 29.8 Å². The summed E-state index contributed by atoms with van der Waals surface area (Å²) >= 11 is 7.43. The van der Waals surface area contributed by atoms with Gasteiger partial charge in [0.15, 0.2) is 0 Å². The van der Waals surface area contributed by atoms with Gasteiger partial charge in [-0.25, -0.2) is 0 Å². The average Bonchev–Trinajstić information content (AvgIpc) is 2.76. The fourth-order valence-corrected chi connectivity index (χ4v) is 1.77. The van der Waals surface area contributed by atoms with E-state index < -0.39 is 0 Å². The number of nitrogens with one attached hydrogen (secondary N) is 1. The second-order valence-electron chi connectivity index (χ2n) is 3.25. The highest BCUT2D eigenvalue weighted by molar-refractivity contribution is 7.98. The average molecular weight is 251 g/mol. The Bertz CT molecular complexity index is 488. The Morgan fingerprint density at radius 1 is 1.25 bits per heavy atom. The monoisotopic (exact) mass is 250 g/mol. The van der Waals surface area contributed by atoms with Gasteiger partial charge < -0.3 is 0 Å². The molecule has 0 aliphatic rings. The summed E-state index contributed by atoms with van der Waals surface area (Å²) in [6.45, 7) is 0. The van der Waals surface area contributed by atoms with Crippen molar-refractivity contribution >= 4 is 35.5 Å². The molecule has 0 aliphatic heterocycles. The van der Waals surface area contributed by atoms with Gasteiger partial charge in [-0.05, 0) is 36.1 Å². The molecular weight excluding hydrogens is 240 g/mol. The number of H-pyrrole nitrogens is 1. The zero-order chi connectivity index (χ0) is 11.4. The Kier molecular flexibility index (Phi) is 3.70. The first-order valence-electron chi connectivity index (χ1n) is 4.81. The first-order valence-corrected chi connectivity index (χ1v) is 6.41. The Balaban J connectivity index is 2.11. The van der Waals surface area contributed by atoms with E-state index >= 15 is 0 Å². The molecule has 2 rings (SSSR count). The standard InChI is InChI=1S/C12H11ClN2S/c1-16-12-8-11(14-15-12)7-4-9-2-5-10(13)6-3-9/h2-8H,1H3,(H,14,15)/b7-4+. The minimum Gasteiger partial charge on any atom is -0.277 e. The zero-order valence-electron chi connectivity index (χ0n) is 8.77. The summed E-state index contributed by atoms with van der Waals surface area (Å²) in [6, 6.07) is 9.72. The molecule has 2 aromatic rings. The number of rotatable bonds is 3. The van der Waals surface area contributed by atoms with Gasteiger partial charge in [0.05, 0.1) is 5.69 Å². The highest BCUT2D eigenvalue weighted by atomic mass is 35.5. The van der Waals surface area contributed by atoms with Gasteiger partial charge in [0.1, 0.15) is 5.03 Å². The maximum Gasteiger partial charge on any atom is 0.118 e. The van der Waals surface area contributed by atoms with Crippen molar-refractivity contribution in [1.82, 2.24) is 10.2 Å². The van der Waals surface area contributed by atoms with Crippen molar-refractivity contribution in [2.75, 3.05) is 6.26 Å². The maximum atomic E-state index is 5.81. The molecule has 0 bridgehead atoms. The van der Waals surface area contributed by atoms with Crippen LogP contribution in [0.5, 0.6) is 0 Å². The first-order chi connectivity index (χ1) is 7.78. The summed E-state index contributed by atoms with van der Waals surface area (Å²) in [5, 5.41) is 8.83. The molecule has 1 N–H and O–H groups in total. The Morgan fingerprint density at radius 3 is 2.62 bits per heavy atom. The molecule has 0 saturated heterocycles. The van der Waals surface area contributed by atoms with Crippen LogP contribution in [0.3, 0.4) is 0 Å². The van der Waals surface area contributed by atoms with E-state index in [1.807, 2.05) is 48.7 Å². The minimum atomic E-state index is 0.753. The van der Waals surface area contributed by atoms with Crippen LogP contribution in [0.25, 0.3) is 12.2 Å². The molecule has 1 aromatic carbocycles. The van der Waals surface area contributed by atoms with Crippen LogP contribution in [0.2, 0.25) is 5.02 Å². The lowest BCUT2D eigenvalue weighted by atomic mass is 10.2. The number of halogens is 1. The summed E-state index contributed by atoms with van der Waals surface area (Å²) in [6.07, 6.45) is 6.02. The Labute approximate surface area is 104 Å². The molecule has 0 radical (unpaired) electrons. The van der Waals surface area contributed by atoms with E-state index in [2.05, 4.69) is 10.2 Å². The molecule has 16 heavy (non-hydrogen) atoms. The lowest BCUT2D eigenvalue weighted by Crippen LogP contribution is -1.73. The van der Waals surface area contributed by atoms with Crippen molar-refractivity contribution in [2.24, 2.45) is 0 Å². The van der Waals surface area contributed by atoms with Crippen LogP contribution >= 0.6 is 23.4 Å². The minimum absolute atomic E-state index is 0.753. The molecule has 0 spiro atoms. The Morgan fingerprint density at radius 2 is 2.00 bits per heavy atom.